The Hall–Kier alpha value is -1.02. The Balaban J connectivity index is 5.21. The molecule has 132 valence electrons. The first-order chi connectivity index (χ1) is 9.63. The first-order valence-electron chi connectivity index (χ1n) is 6.62. The van der Waals surface area contributed by atoms with Gasteiger partial charge in [-0.15, -0.1) is 0 Å². The third-order valence-corrected chi connectivity index (χ3v) is 2.96. The SMILES string of the molecule is CC(C)COC(=O)C(CC(F)(F)C(F)(F)C(F)(F)F)C(C)C. The van der Waals surface area contributed by atoms with Crippen LogP contribution in [0.15, 0.2) is 0 Å². The van der Waals surface area contributed by atoms with Crippen molar-refractivity contribution in [1.29, 1.82) is 0 Å². The minimum atomic E-state index is -6.40. The van der Waals surface area contributed by atoms with E-state index in [4.69, 9.17) is 0 Å². The van der Waals surface area contributed by atoms with Crippen LogP contribution in [0.4, 0.5) is 30.7 Å². The van der Waals surface area contributed by atoms with Crippen molar-refractivity contribution in [3.63, 3.8) is 0 Å². The number of hydrogen-bond acceptors (Lipinski definition) is 2. The lowest BCUT2D eigenvalue weighted by Gasteiger charge is -2.31. The summed E-state index contributed by atoms with van der Waals surface area (Å²) in [4.78, 5) is 11.7. The van der Waals surface area contributed by atoms with Gasteiger partial charge >= 0.3 is 24.0 Å². The summed E-state index contributed by atoms with van der Waals surface area (Å²) in [6.07, 6.45) is -8.34. The Morgan fingerprint density at radius 3 is 1.73 bits per heavy atom. The number of rotatable bonds is 7. The molecule has 0 aromatic carbocycles. The highest BCUT2D eigenvalue weighted by Gasteiger charge is 2.73. The van der Waals surface area contributed by atoms with E-state index >= 15 is 0 Å². The van der Waals surface area contributed by atoms with E-state index in [1.54, 1.807) is 13.8 Å². The second-order valence-electron chi connectivity index (χ2n) is 5.86. The third-order valence-electron chi connectivity index (χ3n) is 2.96. The van der Waals surface area contributed by atoms with Crippen LogP contribution in [0.1, 0.15) is 34.1 Å². The van der Waals surface area contributed by atoms with Crippen LogP contribution in [0.5, 0.6) is 0 Å². The molecule has 0 fully saturated rings. The van der Waals surface area contributed by atoms with Crippen LogP contribution in [0, 0.1) is 17.8 Å². The van der Waals surface area contributed by atoms with Gasteiger partial charge in [-0.05, 0) is 11.8 Å². The maximum Gasteiger partial charge on any atom is 0.459 e. The van der Waals surface area contributed by atoms with Crippen molar-refractivity contribution in [2.24, 2.45) is 17.8 Å². The molecule has 0 spiro atoms. The Labute approximate surface area is 124 Å². The molecule has 0 heterocycles. The summed E-state index contributed by atoms with van der Waals surface area (Å²) in [5.74, 6) is -15.6. The van der Waals surface area contributed by atoms with Crippen molar-refractivity contribution in [2.45, 2.75) is 52.1 Å². The average Bonchev–Trinajstić information content (AvgIpc) is 2.31. The number of halogens is 7. The van der Waals surface area contributed by atoms with Crippen LogP contribution in [-0.4, -0.2) is 30.6 Å². The third kappa shape index (κ3) is 5.01. The van der Waals surface area contributed by atoms with Crippen molar-refractivity contribution in [2.75, 3.05) is 6.61 Å². The van der Waals surface area contributed by atoms with Crippen molar-refractivity contribution in [3.8, 4) is 0 Å². The van der Waals surface area contributed by atoms with Gasteiger partial charge in [0.25, 0.3) is 0 Å². The highest BCUT2D eigenvalue weighted by atomic mass is 19.4. The highest BCUT2D eigenvalue weighted by Crippen LogP contribution is 2.49. The smallest absolute Gasteiger partial charge is 0.459 e. The summed E-state index contributed by atoms with van der Waals surface area (Å²) >= 11 is 0. The molecule has 0 saturated heterocycles. The fourth-order valence-electron chi connectivity index (χ4n) is 1.56. The van der Waals surface area contributed by atoms with Gasteiger partial charge in [0.1, 0.15) is 0 Å². The number of ether oxygens (including phenoxy) is 1. The molecular weight excluding hydrogens is 321 g/mol. The molecule has 0 aliphatic carbocycles. The Bertz CT molecular complexity index is 375. The summed E-state index contributed by atoms with van der Waals surface area (Å²) < 4.78 is 93.5. The first kappa shape index (κ1) is 21.0. The molecular formula is C13H19F7O2. The molecule has 0 rings (SSSR count). The van der Waals surface area contributed by atoms with E-state index in [9.17, 15) is 35.5 Å². The predicted octanol–water partition coefficient (Wildman–Crippen LogP) is 4.68. The Morgan fingerprint density at radius 2 is 1.41 bits per heavy atom. The molecule has 0 aliphatic rings. The molecule has 0 radical (unpaired) electrons. The number of hydrogen-bond donors (Lipinski definition) is 0. The summed E-state index contributed by atoms with van der Waals surface area (Å²) in [5, 5.41) is 0. The summed E-state index contributed by atoms with van der Waals surface area (Å²) in [6, 6.07) is 0. The van der Waals surface area contributed by atoms with Gasteiger partial charge in [0.05, 0.1) is 12.5 Å². The molecule has 0 amide bonds. The Kier molecular flexibility index (Phi) is 6.71. The van der Waals surface area contributed by atoms with E-state index in [0.717, 1.165) is 0 Å². The fourth-order valence-corrected chi connectivity index (χ4v) is 1.56. The topological polar surface area (TPSA) is 26.3 Å². The van der Waals surface area contributed by atoms with Crippen molar-refractivity contribution < 1.29 is 40.3 Å². The predicted molar refractivity (Wildman–Crippen MR) is 64.7 cm³/mol. The van der Waals surface area contributed by atoms with Crippen LogP contribution in [0.25, 0.3) is 0 Å². The monoisotopic (exact) mass is 340 g/mol. The number of carbonyl (C=O) groups excluding carboxylic acids is 1. The standard InChI is InChI=1S/C13H19F7O2/c1-7(2)6-22-10(21)9(8(3)4)5-11(14,15)12(16,17)13(18,19)20/h7-9H,5-6H2,1-4H3. The first-order valence-corrected chi connectivity index (χ1v) is 6.62. The molecule has 0 aromatic heterocycles. The lowest BCUT2D eigenvalue weighted by molar-refractivity contribution is -0.357. The van der Waals surface area contributed by atoms with E-state index < -0.39 is 42.2 Å². The largest absolute Gasteiger partial charge is 0.465 e. The molecule has 0 aliphatic heterocycles. The summed E-state index contributed by atoms with van der Waals surface area (Å²) in [7, 11) is 0. The lowest BCUT2D eigenvalue weighted by atomic mass is 9.87. The normalized spacial score (nSPS) is 15.3. The van der Waals surface area contributed by atoms with Gasteiger partial charge in [-0.1, -0.05) is 27.7 Å². The van der Waals surface area contributed by atoms with Crippen molar-refractivity contribution in [1.82, 2.24) is 0 Å². The van der Waals surface area contributed by atoms with Crippen LogP contribution in [0.2, 0.25) is 0 Å². The van der Waals surface area contributed by atoms with Crippen LogP contribution in [-0.2, 0) is 9.53 Å². The maximum atomic E-state index is 13.4. The van der Waals surface area contributed by atoms with Gasteiger partial charge in [-0.2, -0.15) is 30.7 Å². The molecule has 0 N–H and O–H groups in total. The van der Waals surface area contributed by atoms with Gasteiger partial charge < -0.3 is 4.74 Å². The van der Waals surface area contributed by atoms with Gasteiger partial charge in [-0.3, -0.25) is 4.79 Å². The second kappa shape index (κ2) is 7.04. The van der Waals surface area contributed by atoms with Crippen molar-refractivity contribution >= 4 is 5.97 Å². The van der Waals surface area contributed by atoms with E-state index in [1.165, 1.54) is 13.8 Å². The van der Waals surface area contributed by atoms with Crippen LogP contribution >= 0.6 is 0 Å². The van der Waals surface area contributed by atoms with E-state index in [-0.39, 0.29) is 12.5 Å². The van der Waals surface area contributed by atoms with Crippen LogP contribution < -0.4 is 0 Å². The number of esters is 1. The molecule has 22 heavy (non-hydrogen) atoms. The molecule has 0 bridgehead atoms. The van der Waals surface area contributed by atoms with Crippen molar-refractivity contribution in [3.05, 3.63) is 0 Å². The molecule has 1 atom stereocenters. The highest BCUT2D eigenvalue weighted by molar-refractivity contribution is 5.72. The number of alkyl halides is 7. The van der Waals surface area contributed by atoms with E-state index in [0.29, 0.717) is 0 Å². The number of carbonyl (C=O) groups is 1. The zero-order valence-electron chi connectivity index (χ0n) is 12.6. The zero-order chi connectivity index (χ0) is 17.9. The molecule has 0 saturated carbocycles. The van der Waals surface area contributed by atoms with Crippen LogP contribution in [0.3, 0.4) is 0 Å². The minimum Gasteiger partial charge on any atom is -0.465 e. The van der Waals surface area contributed by atoms with E-state index in [1.807, 2.05) is 0 Å². The van der Waals surface area contributed by atoms with Gasteiger partial charge in [0.15, 0.2) is 0 Å². The van der Waals surface area contributed by atoms with Gasteiger partial charge in [-0.25, -0.2) is 0 Å². The molecule has 2 nitrogen and oxygen atoms in total. The average molecular weight is 340 g/mol. The van der Waals surface area contributed by atoms with E-state index in [2.05, 4.69) is 4.74 Å². The fraction of sp³-hybridized carbons (Fsp3) is 0.923. The molecule has 9 heteroatoms. The van der Waals surface area contributed by atoms with Gasteiger partial charge in [0.2, 0.25) is 0 Å². The quantitative estimate of drug-likeness (QED) is 0.497. The summed E-state index contributed by atoms with van der Waals surface area (Å²) in [6.45, 7) is 5.71. The zero-order valence-corrected chi connectivity index (χ0v) is 12.6. The molecule has 1 unspecified atom stereocenters. The minimum absolute atomic E-state index is 0.131. The maximum absolute atomic E-state index is 13.4. The second-order valence-corrected chi connectivity index (χ2v) is 5.86. The lowest BCUT2D eigenvalue weighted by Crippen LogP contribution is -2.53. The summed E-state index contributed by atoms with van der Waals surface area (Å²) in [5.41, 5.74) is 0. The molecule has 0 aromatic rings. The Morgan fingerprint density at radius 1 is 0.955 bits per heavy atom. The van der Waals surface area contributed by atoms with Gasteiger partial charge in [0, 0.05) is 6.42 Å².